The van der Waals surface area contributed by atoms with Gasteiger partial charge < -0.3 is 15.1 Å². The highest BCUT2D eigenvalue weighted by Gasteiger charge is 2.34. The highest BCUT2D eigenvalue weighted by atomic mass is 16.2. The van der Waals surface area contributed by atoms with Crippen LogP contribution in [0, 0.1) is 0 Å². The molecule has 4 heteroatoms. The normalized spacial score (nSPS) is 23.1. The van der Waals surface area contributed by atoms with Crippen LogP contribution in [0.3, 0.4) is 0 Å². The zero-order valence-electron chi connectivity index (χ0n) is 16.4. The minimum absolute atomic E-state index is 0.231. The summed E-state index contributed by atoms with van der Waals surface area (Å²) in [5, 5.41) is 3.44. The Kier molecular flexibility index (Phi) is 4.81. The summed E-state index contributed by atoms with van der Waals surface area (Å²) in [4.78, 5) is 17.5. The molecule has 2 fully saturated rings. The lowest BCUT2D eigenvalue weighted by Crippen LogP contribution is -2.46. The maximum atomic E-state index is 12.9. The monoisotopic (exact) mass is 375 g/mol. The lowest BCUT2D eigenvalue weighted by molar-refractivity contribution is 0.0674. The third kappa shape index (κ3) is 3.30. The van der Waals surface area contributed by atoms with Crippen molar-refractivity contribution in [1.29, 1.82) is 0 Å². The van der Waals surface area contributed by atoms with Crippen LogP contribution in [0.1, 0.15) is 53.1 Å². The molecule has 146 valence electrons. The molecule has 1 atom stereocenters. The van der Waals surface area contributed by atoms with Gasteiger partial charge in [-0.2, -0.15) is 0 Å². The van der Waals surface area contributed by atoms with Gasteiger partial charge in [-0.3, -0.25) is 4.79 Å². The van der Waals surface area contributed by atoms with Crippen molar-refractivity contribution in [3.8, 4) is 0 Å². The molecule has 1 amide bonds. The van der Waals surface area contributed by atoms with E-state index in [1.165, 1.54) is 29.7 Å². The van der Waals surface area contributed by atoms with E-state index >= 15 is 0 Å². The van der Waals surface area contributed by atoms with Crippen LogP contribution in [-0.2, 0) is 6.54 Å². The first-order valence-corrected chi connectivity index (χ1v) is 10.7. The van der Waals surface area contributed by atoms with Gasteiger partial charge in [-0.1, -0.05) is 30.3 Å². The molecule has 0 bridgehead atoms. The second-order valence-corrected chi connectivity index (χ2v) is 8.45. The van der Waals surface area contributed by atoms with E-state index in [-0.39, 0.29) is 5.91 Å². The molecule has 3 aliphatic heterocycles. The Morgan fingerprint density at radius 1 is 0.964 bits per heavy atom. The second kappa shape index (κ2) is 7.59. The molecule has 2 aromatic carbocycles. The summed E-state index contributed by atoms with van der Waals surface area (Å²) in [5.41, 5.74) is 4.91. The molecule has 5 rings (SSSR count). The molecule has 2 aromatic rings. The van der Waals surface area contributed by atoms with Gasteiger partial charge in [0.1, 0.15) is 0 Å². The number of nitrogens with zero attached hydrogens (tertiary/aromatic N) is 2. The van der Waals surface area contributed by atoms with Gasteiger partial charge in [0.25, 0.3) is 5.91 Å². The van der Waals surface area contributed by atoms with Crippen molar-refractivity contribution in [1.82, 2.24) is 10.2 Å². The van der Waals surface area contributed by atoms with Crippen LogP contribution in [0.4, 0.5) is 5.69 Å². The Morgan fingerprint density at radius 2 is 1.79 bits per heavy atom. The van der Waals surface area contributed by atoms with Crippen LogP contribution in [0.25, 0.3) is 0 Å². The number of fused-ring (bicyclic) bond motifs is 1. The quantitative estimate of drug-likeness (QED) is 0.887. The molecule has 2 saturated heterocycles. The van der Waals surface area contributed by atoms with Crippen LogP contribution in [-0.4, -0.2) is 43.0 Å². The van der Waals surface area contributed by atoms with Crippen LogP contribution in [0.2, 0.25) is 0 Å². The zero-order valence-corrected chi connectivity index (χ0v) is 16.4. The summed E-state index contributed by atoms with van der Waals surface area (Å²) >= 11 is 0. The Hall–Kier alpha value is -2.33. The van der Waals surface area contributed by atoms with Crippen LogP contribution in [0.15, 0.2) is 48.5 Å². The van der Waals surface area contributed by atoms with E-state index in [9.17, 15) is 4.79 Å². The van der Waals surface area contributed by atoms with Crippen molar-refractivity contribution in [3.63, 3.8) is 0 Å². The van der Waals surface area contributed by atoms with Crippen molar-refractivity contribution >= 4 is 11.6 Å². The fraction of sp³-hybridized carbons (Fsp3) is 0.458. The summed E-state index contributed by atoms with van der Waals surface area (Å²) in [6.07, 6.45) is 4.64. The lowest BCUT2D eigenvalue weighted by Gasteiger charge is -2.34. The molecule has 0 spiro atoms. The standard InChI is InChI=1S/C24H29N3O/c28-24-23-9-8-19(15-20(23)17-27(24)22-7-4-12-25-16-22)18-10-13-26(14-11-18)21-5-2-1-3-6-21/h1-3,5-6,8-9,15,18,22,25H,4,7,10-14,16-17H2. The van der Waals surface area contributed by atoms with Crippen molar-refractivity contribution in [3.05, 3.63) is 65.2 Å². The van der Waals surface area contributed by atoms with E-state index in [2.05, 4.69) is 63.6 Å². The fourth-order valence-corrected chi connectivity index (χ4v) is 5.12. The average Bonchev–Trinajstić information content (AvgIpc) is 3.11. The zero-order chi connectivity index (χ0) is 18.9. The summed E-state index contributed by atoms with van der Waals surface area (Å²) in [6.45, 7) is 5.01. The Labute approximate surface area is 167 Å². The number of rotatable bonds is 3. The molecule has 3 heterocycles. The van der Waals surface area contributed by atoms with E-state index < -0.39 is 0 Å². The van der Waals surface area contributed by atoms with Gasteiger partial charge in [0.15, 0.2) is 0 Å². The first-order chi connectivity index (χ1) is 13.8. The molecule has 0 aliphatic carbocycles. The summed E-state index contributed by atoms with van der Waals surface area (Å²) in [6, 6.07) is 17.7. The fourth-order valence-electron chi connectivity index (χ4n) is 5.12. The number of anilines is 1. The van der Waals surface area contributed by atoms with Gasteiger partial charge in [-0.15, -0.1) is 0 Å². The number of benzene rings is 2. The number of hydrogen-bond acceptors (Lipinski definition) is 3. The average molecular weight is 376 g/mol. The number of nitrogens with one attached hydrogen (secondary N) is 1. The van der Waals surface area contributed by atoms with Crippen LogP contribution >= 0.6 is 0 Å². The van der Waals surface area contributed by atoms with E-state index in [4.69, 9.17) is 0 Å². The SMILES string of the molecule is O=C1c2ccc(C3CCN(c4ccccc4)CC3)cc2CN1C1CCCNC1. The second-order valence-electron chi connectivity index (χ2n) is 8.45. The van der Waals surface area contributed by atoms with Crippen LogP contribution < -0.4 is 10.2 Å². The van der Waals surface area contributed by atoms with Crippen LogP contribution in [0.5, 0.6) is 0 Å². The number of carbonyl (C=O) groups excluding carboxylic acids is 1. The number of amides is 1. The van der Waals surface area contributed by atoms with Gasteiger partial charge in [0.05, 0.1) is 0 Å². The third-order valence-electron chi connectivity index (χ3n) is 6.76. The summed E-state index contributed by atoms with van der Waals surface area (Å²) in [7, 11) is 0. The number of carbonyl (C=O) groups is 1. The molecule has 1 N–H and O–H groups in total. The van der Waals surface area contributed by atoms with Crippen molar-refractivity contribution < 1.29 is 4.79 Å². The van der Waals surface area contributed by atoms with E-state index in [1.54, 1.807) is 0 Å². The lowest BCUT2D eigenvalue weighted by atomic mass is 9.87. The summed E-state index contributed by atoms with van der Waals surface area (Å²) < 4.78 is 0. The Balaban J connectivity index is 1.27. The molecule has 0 radical (unpaired) electrons. The maximum Gasteiger partial charge on any atom is 0.254 e. The molecule has 4 nitrogen and oxygen atoms in total. The van der Waals surface area contributed by atoms with Gasteiger partial charge in [-0.05, 0) is 67.5 Å². The number of hydrogen-bond donors (Lipinski definition) is 1. The van der Waals surface area contributed by atoms with Gasteiger partial charge in [0, 0.05) is 43.5 Å². The topological polar surface area (TPSA) is 35.6 Å². The molecular formula is C24H29N3O. The maximum absolute atomic E-state index is 12.9. The highest BCUT2D eigenvalue weighted by Crippen LogP contribution is 2.34. The molecule has 3 aliphatic rings. The highest BCUT2D eigenvalue weighted by molar-refractivity contribution is 5.98. The van der Waals surface area contributed by atoms with E-state index in [0.29, 0.717) is 12.0 Å². The first kappa shape index (κ1) is 17.7. The van der Waals surface area contributed by atoms with Gasteiger partial charge in [-0.25, -0.2) is 0 Å². The molecule has 1 unspecified atom stereocenters. The minimum atomic E-state index is 0.231. The predicted octanol–water partition coefficient (Wildman–Crippen LogP) is 3.78. The van der Waals surface area contributed by atoms with Crippen molar-refractivity contribution in [2.45, 2.75) is 44.2 Å². The number of para-hydroxylation sites is 1. The number of piperidine rings is 2. The molecular weight excluding hydrogens is 346 g/mol. The molecule has 0 saturated carbocycles. The van der Waals surface area contributed by atoms with Crippen molar-refractivity contribution in [2.75, 3.05) is 31.1 Å². The molecule has 0 aromatic heterocycles. The molecule has 28 heavy (non-hydrogen) atoms. The first-order valence-electron chi connectivity index (χ1n) is 10.7. The smallest absolute Gasteiger partial charge is 0.254 e. The van der Waals surface area contributed by atoms with Crippen molar-refractivity contribution in [2.24, 2.45) is 0 Å². The Bertz CT molecular complexity index is 836. The van der Waals surface area contributed by atoms with E-state index in [1.807, 2.05) is 0 Å². The largest absolute Gasteiger partial charge is 0.371 e. The van der Waals surface area contributed by atoms with Gasteiger partial charge in [0.2, 0.25) is 0 Å². The van der Waals surface area contributed by atoms with Gasteiger partial charge >= 0.3 is 0 Å². The minimum Gasteiger partial charge on any atom is -0.371 e. The third-order valence-corrected chi connectivity index (χ3v) is 6.76. The van der Waals surface area contributed by atoms with E-state index in [0.717, 1.165) is 51.1 Å². The predicted molar refractivity (Wildman–Crippen MR) is 113 cm³/mol. The Morgan fingerprint density at radius 3 is 2.54 bits per heavy atom. The summed E-state index contributed by atoms with van der Waals surface area (Å²) in [5.74, 6) is 0.833.